The molecule has 1 fully saturated rings. The largest absolute Gasteiger partial charge is 0.495 e. The van der Waals surface area contributed by atoms with Gasteiger partial charge in [-0.05, 0) is 31.4 Å². The number of anilines is 1. The van der Waals surface area contributed by atoms with Gasteiger partial charge in [-0.25, -0.2) is 0 Å². The number of carbonyl (C=O) groups excluding carboxylic acids is 1. The van der Waals surface area contributed by atoms with Gasteiger partial charge in [0.05, 0.1) is 12.8 Å². The van der Waals surface area contributed by atoms with Crippen LogP contribution in [0.4, 0.5) is 5.69 Å². The molecule has 0 aliphatic heterocycles. The molecule has 0 radical (unpaired) electrons. The van der Waals surface area contributed by atoms with Gasteiger partial charge in [0, 0.05) is 28.8 Å². The first-order valence-corrected chi connectivity index (χ1v) is 8.71. The number of benzene rings is 2. The summed E-state index contributed by atoms with van der Waals surface area (Å²) < 4.78 is 11.4. The van der Waals surface area contributed by atoms with Crippen molar-refractivity contribution < 1.29 is 13.9 Å². The minimum atomic E-state index is -0.0418. The quantitative estimate of drug-likeness (QED) is 0.708. The van der Waals surface area contributed by atoms with E-state index in [2.05, 4.69) is 5.32 Å². The third kappa shape index (κ3) is 3.37. The molecule has 0 saturated heterocycles. The van der Waals surface area contributed by atoms with Crippen LogP contribution in [-0.2, 0) is 4.79 Å². The van der Waals surface area contributed by atoms with Gasteiger partial charge in [-0.2, -0.15) is 0 Å². The van der Waals surface area contributed by atoms with E-state index >= 15 is 0 Å². The molecule has 2 aromatic carbocycles. The Hall–Kier alpha value is -2.24. The predicted molar refractivity (Wildman–Crippen MR) is 106 cm³/mol. The van der Waals surface area contributed by atoms with Crippen LogP contribution in [0, 0.1) is 5.92 Å². The number of hydrogen-bond donors (Lipinski definition) is 2. The number of para-hydroxylation sites is 1. The number of carbonyl (C=O) groups is 1. The Bertz CT molecular complexity index is 937. The fourth-order valence-corrected chi connectivity index (χ4v) is 3.72. The highest BCUT2D eigenvalue weighted by molar-refractivity contribution is 6.07. The van der Waals surface area contributed by atoms with Crippen molar-refractivity contribution in [2.24, 2.45) is 11.7 Å². The number of methoxy groups -OCH3 is 1. The molecule has 1 saturated carbocycles. The highest BCUT2D eigenvalue weighted by Gasteiger charge is 2.26. The van der Waals surface area contributed by atoms with Gasteiger partial charge in [-0.1, -0.05) is 24.6 Å². The number of fused-ring (bicyclic) bond motifs is 3. The van der Waals surface area contributed by atoms with Crippen molar-refractivity contribution in [1.82, 2.24) is 0 Å². The lowest BCUT2D eigenvalue weighted by atomic mass is 9.85. The summed E-state index contributed by atoms with van der Waals surface area (Å²) in [6, 6.07) is 11.7. The Morgan fingerprint density at radius 1 is 1.19 bits per heavy atom. The molecule has 4 rings (SSSR count). The summed E-state index contributed by atoms with van der Waals surface area (Å²) >= 11 is 0. The van der Waals surface area contributed by atoms with E-state index in [1.54, 1.807) is 7.11 Å². The molecule has 2 unspecified atom stereocenters. The number of furan rings is 1. The van der Waals surface area contributed by atoms with E-state index < -0.39 is 0 Å². The molecule has 1 aliphatic rings. The summed E-state index contributed by atoms with van der Waals surface area (Å²) in [5, 5.41) is 5.02. The zero-order valence-corrected chi connectivity index (χ0v) is 15.5. The molecular formula is C20H23ClN2O3. The van der Waals surface area contributed by atoms with Crippen LogP contribution in [0.25, 0.3) is 21.9 Å². The Kier molecular flexibility index (Phi) is 5.39. The number of ether oxygens (including phenoxy) is 1. The van der Waals surface area contributed by atoms with Gasteiger partial charge >= 0.3 is 0 Å². The van der Waals surface area contributed by atoms with E-state index in [-0.39, 0.29) is 30.3 Å². The maximum Gasteiger partial charge on any atom is 0.227 e. The average Bonchev–Trinajstić information content (AvgIpc) is 2.98. The molecule has 1 amide bonds. The maximum atomic E-state index is 12.6. The first-order chi connectivity index (χ1) is 12.2. The summed E-state index contributed by atoms with van der Waals surface area (Å²) in [5.41, 5.74) is 8.20. The second-order valence-corrected chi connectivity index (χ2v) is 6.76. The highest BCUT2D eigenvalue weighted by atomic mass is 35.5. The SMILES string of the molecule is COc1cc2c(cc1NC(=O)C1CCCC(N)C1)oc1ccccc12.Cl. The third-order valence-corrected chi connectivity index (χ3v) is 5.04. The van der Waals surface area contributed by atoms with Crippen molar-refractivity contribution in [3.05, 3.63) is 36.4 Å². The van der Waals surface area contributed by atoms with Crippen LogP contribution in [0.2, 0.25) is 0 Å². The molecular weight excluding hydrogens is 352 g/mol. The van der Waals surface area contributed by atoms with E-state index in [1.807, 2.05) is 36.4 Å². The van der Waals surface area contributed by atoms with Crippen molar-refractivity contribution in [3.63, 3.8) is 0 Å². The van der Waals surface area contributed by atoms with E-state index in [9.17, 15) is 4.79 Å². The number of nitrogens with two attached hydrogens (primary N) is 1. The molecule has 3 N–H and O–H groups in total. The number of hydrogen-bond acceptors (Lipinski definition) is 4. The normalized spacial score (nSPS) is 19.9. The van der Waals surface area contributed by atoms with Gasteiger partial charge in [-0.15, -0.1) is 12.4 Å². The van der Waals surface area contributed by atoms with Gasteiger partial charge in [0.15, 0.2) is 0 Å². The average molecular weight is 375 g/mol. The molecule has 0 spiro atoms. The van der Waals surface area contributed by atoms with Crippen molar-refractivity contribution in [2.75, 3.05) is 12.4 Å². The zero-order valence-electron chi connectivity index (χ0n) is 14.7. The lowest BCUT2D eigenvalue weighted by molar-refractivity contribution is -0.120. The van der Waals surface area contributed by atoms with Gasteiger partial charge in [-0.3, -0.25) is 4.79 Å². The minimum absolute atomic E-state index is 0. The second kappa shape index (κ2) is 7.56. The zero-order chi connectivity index (χ0) is 17.4. The van der Waals surface area contributed by atoms with Crippen LogP contribution in [0.1, 0.15) is 25.7 Å². The van der Waals surface area contributed by atoms with Crippen LogP contribution in [-0.4, -0.2) is 19.1 Å². The summed E-state index contributed by atoms with van der Waals surface area (Å²) in [7, 11) is 1.61. The molecule has 1 aliphatic carbocycles. The van der Waals surface area contributed by atoms with E-state index in [0.717, 1.165) is 47.6 Å². The van der Waals surface area contributed by atoms with E-state index in [4.69, 9.17) is 14.9 Å². The Morgan fingerprint density at radius 3 is 2.77 bits per heavy atom. The lowest BCUT2D eigenvalue weighted by Gasteiger charge is -2.25. The van der Waals surface area contributed by atoms with Crippen molar-refractivity contribution in [1.29, 1.82) is 0 Å². The smallest absolute Gasteiger partial charge is 0.227 e. The van der Waals surface area contributed by atoms with Crippen molar-refractivity contribution in [2.45, 2.75) is 31.7 Å². The second-order valence-electron chi connectivity index (χ2n) is 6.76. The van der Waals surface area contributed by atoms with Gasteiger partial charge in [0.1, 0.15) is 16.9 Å². The topological polar surface area (TPSA) is 77.5 Å². The predicted octanol–water partition coefficient (Wildman–Crippen LogP) is 4.47. The molecule has 26 heavy (non-hydrogen) atoms. The first kappa shape index (κ1) is 18.5. The maximum absolute atomic E-state index is 12.6. The van der Waals surface area contributed by atoms with Crippen molar-refractivity contribution in [3.8, 4) is 5.75 Å². The monoisotopic (exact) mass is 374 g/mol. The van der Waals surface area contributed by atoms with Gasteiger partial charge in [0.25, 0.3) is 0 Å². The third-order valence-electron chi connectivity index (χ3n) is 5.04. The highest BCUT2D eigenvalue weighted by Crippen LogP contribution is 2.37. The Balaban J connectivity index is 0.00000196. The van der Waals surface area contributed by atoms with Crippen LogP contribution in [0.3, 0.4) is 0 Å². The molecule has 0 bridgehead atoms. The molecule has 3 aromatic rings. The lowest BCUT2D eigenvalue weighted by Crippen LogP contribution is -2.34. The molecule has 138 valence electrons. The van der Waals surface area contributed by atoms with Crippen LogP contribution in [0.5, 0.6) is 5.75 Å². The minimum Gasteiger partial charge on any atom is -0.495 e. The van der Waals surface area contributed by atoms with Crippen LogP contribution in [0.15, 0.2) is 40.8 Å². The molecule has 6 heteroatoms. The number of amides is 1. The van der Waals surface area contributed by atoms with Gasteiger partial charge in [0.2, 0.25) is 5.91 Å². The van der Waals surface area contributed by atoms with E-state index in [1.165, 1.54) is 0 Å². The van der Waals surface area contributed by atoms with Crippen LogP contribution >= 0.6 is 12.4 Å². The van der Waals surface area contributed by atoms with Crippen LogP contribution < -0.4 is 15.8 Å². The van der Waals surface area contributed by atoms with E-state index in [0.29, 0.717) is 11.4 Å². The fourth-order valence-electron chi connectivity index (χ4n) is 3.72. The summed E-state index contributed by atoms with van der Waals surface area (Å²) in [5.74, 6) is 0.594. The Labute approximate surface area is 158 Å². The fraction of sp³-hybridized carbons (Fsp3) is 0.350. The number of rotatable bonds is 3. The standard InChI is InChI=1S/C20H22N2O3.ClH/c1-24-19-10-15-14-7-2-3-8-17(14)25-18(15)11-16(19)22-20(23)12-5-4-6-13(21)9-12;/h2-3,7-8,10-13H,4-6,9,21H2,1H3,(H,22,23);1H. The Morgan fingerprint density at radius 2 is 2.00 bits per heavy atom. The molecule has 2 atom stereocenters. The van der Waals surface area contributed by atoms with Crippen molar-refractivity contribution >= 4 is 45.9 Å². The van der Waals surface area contributed by atoms with Gasteiger partial charge < -0.3 is 20.2 Å². The molecule has 5 nitrogen and oxygen atoms in total. The number of nitrogens with one attached hydrogen (secondary N) is 1. The molecule has 1 aromatic heterocycles. The summed E-state index contributed by atoms with van der Waals surface area (Å²) in [4.78, 5) is 12.6. The number of halogens is 1. The summed E-state index contributed by atoms with van der Waals surface area (Å²) in [6.07, 6.45) is 3.62. The first-order valence-electron chi connectivity index (χ1n) is 8.71. The molecule has 1 heterocycles. The summed E-state index contributed by atoms with van der Waals surface area (Å²) in [6.45, 7) is 0.